The van der Waals surface area contributed by atoms with Gasteiger partial charge in [-0.25, -0.2) is 0 Å². The molecule has 0 aromatic heterocycles. The Morgan fingerprint density at radius 3 is 2.65 bits per heavy atom. The van der Waals surface area contributed by atoms with Crippen LogP contribution in [0.15, 0.2) is 12.2 Å². The van der Waals surface area contributed by atoms with Gasteiger partial charge >= 0.3 is 0 Å². The second-order valence-electron chi connectivity index (χ2n) is 3.84. The molecule has 0 aliphatic rings. The normalized spacial score (nSPS) is 14.6. The van der Waals surface area contributed by atoms with E-state index in [1.807, 2.05) is 13.8 Å². The third-order valence-electron chi connectivity index (χ3n) is 2.28. The zero-order chi connectivity index (χ0) is 13.3. The first kappa shape index (κ1) is 16.2. The molecule has 0 unspecified atom stereocenters. The van der Waals surface area contributed by atoms with Gasteiger partial charge in [-0.05, 0) is 12.5 Å². The van der Waals surface area contributed by atoms with Crippen LogP contribution in [0.5, 0.6) is 0 Å². The Hall–Kier alpha value is -0.810. The van der Waals surface area contributed by atoms with E-state index in [2.05, 4.69) is 5.32 Å². The summed E-state index contributed by atoms with van der Waals surface area (Å²) < 4.78 is 0. The summed E-state index contributed by atoms with van der Waals surface area (Å²) in [7, 11) is 0. The van der Waals surface area contributed by atoms with Gasteiger partial charge in [0, 0.05) is 25.1 Å². The van der Waals surface area contributed by atoms with Crippen molar-refractivity contribution in [3.05, 3.63) is 12.2 Å². The quantitative estimate of drug-likeness (QED) is 0.535. The third kappa shape index (κ3) is 8.94. The molecule has 0 aromatic rings. The zero-order valence-electron chi connectivity index (χ0n) is 10.6. The van der Waals surface area contributed by atoms with Crippen molar-refractivity contribution < 1.29 is 14.7 Å². The van der Waals surface area contributed by atoms with Crippen molar-refractivity contribution in [2.45, 2.75) is 33.3 Å². The van der Waals surface area contributed by atoms with E-state index in [0.29, 0.717) is 18.7 Å². The molecule has 5 heteroatoms. The van der Waals surface area contributed by atoms with Crippen LogP contribution in [0.1, 0.15) is 27.2 Å². The number of carbonyl (C=O) groups excluding carboxylic acids is 2. The Bertz CT molecular complexity index is 279. The highest BCUT2D eigenvalue weighted by atomic mass is 32.2. The van der Waals surface area contributed by atoms with Crippen LogP contribution in [0.3, 0.4) is 0 Å². The molecule has 2 atom stereocenters. The Morgan fingerprint density at radius 1 is 1.47 bits per heavy atom. The van der Waals surface area contributed by atoms with Crippen molar-refractivity contribution >= 4 is 22.8 Å². The van der Waals surface area contributed by atoms with Crippen LogP contribution in [0.25, 0.3) is 0 Å². The summed E-state index contributed by atoms with van der Waals surface area (Å²) in [6.07, 6.45) is 3.49. The average molecular weight is 259 g/mol. The van der Waals surface area contributed by atoms with Crippen molar-refractivity contribution in [1.29, 1.82) is 0 Å². The first-order valence-corrected chi connectivity index (χ1v) is 6.73. The van der Waals surface area contributed by atoms with Crippen molar-refractivity contribution in [2.24, 2.45) is 5.92 Å². The maximum absolute atomic E-state index is 11.4. The van der Waals surface area contributed by atoms with E-state index >= 15 is 0 Å². The molecule has 98 valence electrons. The Labute approximate surface area is 107 Å². The van der Waals surface area contributed by atoms with Crippen LogP contribution in [0.2, 0.25) is 0 Å². The molecule has 1 amide bonds. The largest absolute Gasteiger partial charge is 0.393 e. The standard InChI is InChI=1S/C12H21NO3S/c1-4-11(15)9(2)5-6-12(16)17-8-7-13-10(3)14/h5-6,9,11,15H,4,7-8H2,1-3H3,(H,13,14)/t9-,11-/m1/s1. The molecule has 2 N–H and O–H groups in total. The summed E-state index contributed by atoms with van der Waals surface area (Å²) in [5.41, 5.74) is 0. The van der Waals surface area contributed by atoms with Gasteiger partial charge in [-0.15, -0.1) is 0 Å². The molecule has 0 spiro atoms. The maximum atomic E-state index is 11.4. The summed E-state index contributed by atoms with van der Waals surface area (Å²) in [6, 6.07) is 0. The lowest BCUT2D eigenvalue weighted by molar-refractivity contribution is -0.118. The second kappa shape index (κ2) is 9.24. The van der Waals surface area contributed by atoms with Crippen LogP contribution < -0.4 is 5.32 Å². The van der Waals surface area contributed by atoms with Crippen LogP contribution in [-0.4, -0.2) is 34.5 Å². The van der Waals surface area contributed by atoms with E-state index < -0.39 is 6.10 Å². The molecular formula is C12H21NO3S. The van der Waals surface area contributed by atoms with Crippen LogP contribution >= 0.6 is 11.8 Å². The minimum atomic E-state index is -0.400. The molecule has 0 bridgehead atoms. The fourth-order valence-corrected chi connectivity index (χ4v) is 1.74. The first-order valence-electron chi connectivity index (χ1n) is 5.74. The van der Waals surface area contributed by atoms with Crippen LogP contribution in [-0.2, 0) is 9.59 Å². The smallest absolute Gasteiger partial charge is 0.216 e. The molecule has 0 aromatic carbocycles. The van der Waals surface area contributed by atoms with Gasteiger partial charge in [0.15, 0.2) is 0 Å². The summed E-state index contributed by atoms with van der Waals surface area (Å²) in [6.45, 7) is 5.71. The highest BCUT2D eigenvalue weighted by Gasteiger charge is 2.08. The molecule has 0 radical (unpaired) electrons. The molecule has 0 heterocycles. The number of thioether (sulfide) groups is 1. The lowest BCUT2D eigenvalue weighted by Gasteiger charge is -2.12. The summed E-state index contributed by atoms with van der Waals surface area (Å²) in [4.78, 5) is 21.9. The van der Waals surface area contributed by atoms with Gasteiger partial charge in [0.05, 0.1) is 6.10 Å². The average Bonchev–Trinajstić information content (AvgIpc) is 2.30. The van der Waals surface area contributed by atoms with Crippen LogP contribution in [0, 0.1) is 5.92 Å². The van der Waals surface area contributed by atoms with Crippen molar-refractivity contribution in [3.8, 4) is 0 Å². The van der Waals surface area contributed by atoms with Crippen LogP contribution in [0.4, 0.5) is 0 Å². The minimum Gasteiger partial charge on any atom is -0.393 e. The molecule has 0 fully saturated rings. The lowest BCUT2D eigenvalue weighted by atomic mass is 10.0. The SMILES string of the molecule is CC[C@@H](O)[C@H](C)C=CC(=O)SCCNC(C)=O. The number of hydrogen-bond acceptors (Lipinski definition) is 4. The fourth-order valence-electron chi connectivity index (χ4n) is 1.16. The molecular weight excluding hydrogens is 238 g/mol. The monoisotopic (exact) mass is 259 g/mol. The number of rotatable bonds is 7. The summed E-state index contributed by atoms with van der Waals surface area (Å²) >= 11 is 1.16. The Balaban J connectivity index is 3.78. The zero-order valence-corrected chi connectivity index (χ0v) is 11.4. The summed E-state index contributed by atoms with van der Waals surface area (Å²) in [5, 5.41) is 12.1. The first-order chi connectivity index (χ1) is 7.97. The number of hydrogen-bond donors (Lipinski definition) is 2. The van der Waals surface area contributed by atoms with E-state index in [1.54, 1.807) is 6.08 Å². The topological polar surface area (TPSA) is 66.4 Å². The summed E-state index contributed by atoms with van der Waals surface area (Å²) in [5.74, 6) is 0.459. The van der Waals surface area contributed by atoms with Gasteiger partial charge in [0.1, 0.15) is 0 Å². The van der Waals surface area contributed by atoms with Gasteiger partial charge in [-0.3, -0.25) is 9.59 Å². The second-order valence-corrected chi connectivity index (χ2v) is 4.94. The van der Waals surface area contributed by atoms with E-state index in [9.17, 15) is 14.7 Å². The number of carbonyl (C=O) groups is 2. The predicted octanol–water partition coefficient (Wildman–Crippen LogP) is 1.35. The van der Waals surface area contributed by atoms with Gasteiger partial charge < -0.3 is 10.4 Å². The minimum absolute atomic E-state index is 0.0140. The Morgan fingerprint density at radius 2 is 2.12 bits per heavy atom. The van der Waals surface area contributed by atoms with Gasteiger partial charge in [0.2, 0.25) is 11.0 Å². The van der Waals surface area contributed by atoms with Crippen molar-refractivity contribution in [1.82, 2.24) is 5.32 Å². The highest BCUT2D eigenvalue weighted by molar-refractivity contribution is 8.14. The molecule has 0 aliphatic carbocycles. The fraction of sp³-hybridized carbons (Fsp3) is 0.667. The Kier molecular flexibility index (Phi) is 8.80. The highest BCUT2D eigenvalue weighted by Crippen LogP contribution is 2.10. The predicted molar refractivity (Wildman–Crippen MR) is 70.8 cm³/mol. The molecule has 17 heavy (non-hydrogen) atoms. The maximum Gasteiger partial charge on any atom is 0.216 e. The number of aliphatic hydroxyl groups is 1. The number of aliphatic hydroxyl groups excluding tert-OH is 1. The van der Waals surface area contributed by atoms with Gasteiger partial charge in [-0.2, -0.15) is 0 Å². The molecule has 0 rings (SSSR count). The van der Waals surface area contributed by atoms with E-state index in [4.69, 9.17) is 0 Å². The van der Waals surface area contributed by atoms with E-state index in [-0.39, 0.29) is 16.9 Å². The lowest BCUT2D eigenvalue weighted by Crippen LogP contribution is -2.22. The van der Waals surface area contributed by atoms with Crippen molar-refractivity contribution in [3.63, 3.8) is 0 Å². The molecule has 4 nitrogen and oxygen atoms in total. The van der Waals surface area contributed by atoms with Gasteiger partial charge in [0.25, 0.3) is 0 Å². The van der Waals surface area contributed by atoms with Gasteiger partial charge in [-0.1, -0.05) is 31.7 Å². The van der Waals surface area contributed by atoms with E-state index in [1.165, 1.54) is 13.0 Å². The molecule has 0 saturated carbocycles. The molecule has 0 aliphatic heterocycles. The third-order valence-corrected chi connectivity index (χ3v) is 3.11. The van der Waals surface area contributed by atoms with E-state index in [0.717, 1.165) is 11.8 Å². The number of nitrogens with one attached hydrogen (secondary N) is 1. The van der Waals surface area contributed by atoms with Crippen molar-refractivity contribution in [2.75, 3.05) is 12.3 Å². The number of amides is 1. The molecule has 0 saturated heterocycles.